The maximum atomic E-state index is 13.1. The summed E-state index contributed by atoms with van der Waals surface area (Å²) in [6, 6.07) is 11.7. The van der Waals surface area contributed by atoms with Crippen molar-refractivity contribution in [1.29, 1.82) is 0 Å². The van der Waals surface area contributed by atoms with E-state index >= 15 is 0 Å². The number of carbonyl (C=O) groups is 1. The summed E-state index contributed by atoms with van der Waals surface area (Å²) in [5, 5.41) is 0. The van der Waals surface area contributed by atoms with E-state index in [0.717, 1.165) is 35.2 Å². The SMILES string of the molecule is CCCCOc1ccc(/C=C2\SC(=S)N(c3c(C)cccc3C)C2=O)cc1OC. The van der Waals surface area contributed by atoms with Gasteiger partial charge in [0.2, 0.25) is 0 Å². The Bertz CT molecular complexity index is 948. The Hall–Kier alpha value is -2.31. The van der Waals surface area contributed by atoms with Gasteiger partial charge in [0.25, 0.3) is 5.91 Å². The maximum Gasteiger partial charge on any atom is 0.270 e. The molecule has 2 aromatic rings. The van der Waals surface area contributed by atoms with Crippen LogP contribution in [0.15, 0.2) is 41.3 Å². The lowest BCUT2D eigenvalue weighted by atomic mass is 10.1. The highest BCUT2D eigenvalue weighted by atomic mass is 32.2. The fourth-order valence-electron chi connectivity index (χ4n) is 3.19. The zero-order valence-electron chi connectivity index (χ0n) is 17.2. The summed E-state index contributed by atoms with van der Waals surface area (Å²) in [5.41, 5.74) is 3.79. The van der Waals surface area contributed by atoms with Crippen molar-refractivity contribution in [2.45, 2.75) is 33.6 Å². The first-order valence-corrected chi connectivity index (χ1v) is 10.8. The number of nitrogens with zero attached hydrogens (tertiary/aromatic N) is 1. The number of unbranched alkanes of at least 4 members (excludes halogenated alkanes) is 1. The molecule has 0 atom stereocenters. The molecule has 0 bridgehead atoms. The van der Waals surface area contributed by atoms with Crippen molar-refractivity contribution < 1.29 is 14.3 Å². The van der Waals surface area contributed by atoms with Crippen molar-refractivity contribution in [3.8, 4) is 11.5 Å². The minimum Gasteiger partial charge on any atom is -0.493 e. The first kappa shape index (κ1) is 21.4. The van der Waals surface area contributed by atoms with E-state index < -0.39 is 0 Å². The topological polar surface area (TPSA) is 38.8 Å². The second-order valence-corrected chi connectivity index (χ2v) is 8.55. The van der Waals surface area contributed by atoms with Crippen LogP contribution in [0.1, 0.15) is 36.5 Å². The number of para-hydroxylation sites is 1. The van der Waals surface area contributed by atoms with Crippen LogP contribution in [0.5, 0.6) is 11.5 Å². The van der Waals surface area contributed by atoms with E-state index in [1.165, 1.54) is 11.8 Å². The van der Waals surface area contributed by atoms with Crippen LogP contribution in [0, 0.1) is 13.8 Å². The van der Waals surface area contributed by atoms with Crippen molar-refractivity contribution in [1.82, 2.24) is 0 Å². The Morgan fingerprint density at radius 3 is 2.52 bits per heavy atom. The number of amides is 1. The van der Waals surface area contributed by atoms with Gasteiger partial charge in [0.15, 0.2) is 15.8 Å². The van der Waals surface area contributed by atoms with Gasteiger partial charge in [0.05, 0.1) is 24.3 Å². The Labute approximate surface area is 181 Å². The van der Waals surface area contributed by atoms with Crippen LogP contribution in [0.2, 0.25) is 0 Å². The lowest BCUT2D eigenvalue weighted by Gasteiger charge is -2.19. The Morgan fingerprint density at radius 2 is 1.86 bits per heavy atom. The smallest absolute Gasteiger partial charge is 0.270 e. The number of hydrogen-bond donors (Lipinski definition) is 0. The van der Waals surface area contributed by atoms with Crippen molar-refractivity contribution in [3.63, 3.8) is 0 Å². The number of thioether (sulfide) groups is 1. The average molecular weight is 428 g/mol. The monoisotopic (exact) mass is 427 g/mol. The van der Waals surface area contributed by atoms with E-state index in [0.29, 0.717) is 27.3 Å². The predicted octanol–water partition coefficient (Wildman–Crippen LogP) is 5.90. The fraction of sp³-hybridized carbons (Fsp3) is 0.304. The molecule has 0 radical (unpaired) electrons. The molecule has 0 unspecified atom stereocenters. The number of aryl methyl sites for hydroxylation is 2. The molecule has 0 saturated carbocycles. The molecule has 1 aliphatic heterocycles. The third-order valence-corrected chi connectivity index (χ3v) is 6.00. The van der Waals surface area contributed by atoms with Gasteiger partial charge < -0.3 is 9.47 Å². The van der Waals surface area contributed by atoms with Gasteiger partial charge in [0.1, 0.15) is 0 Å². The molecule has 1 amide bonds. The quantitative estimate of drug-likeness (QED) is 0.313. The van der Waals surface area contributed by atoms with Crippen LogP contribution >= 0.6 is 24.0 Å². The molecule has 0 N–H and O–H groups in total. The molecule has 6 heteroatoms. The molecular weight excluding hydrogens is 402 g/mol. The molecule has 2 aromatic carbocycles. The lowest BCUT2D eigenvalue weighted by Crippen LogP contribution is -2.29. The van der Waals surface area contributed by atoms with E-state index in [-0.39, 0.29) is 5.91 Å². The number of hydrogen-bond acceptors (Lipinski definition) is 5. The minimum atomic E-state index is -0.0976. The molecule has 0 aromatic heterocycles. The standard InChI is InChI=1S/C23H25NO3S2/c1-5-6-12-27-18-11-10-17(13-19(18)26-4)14-20-22(25)24(23(28)29-20)21-15(2)8-7-9-16(21)3/h7-11,13-14H,5-6,12H2,1-4H3/b20-14-. The molecule has 3 rings (SSSR count). The number of benzene rings is 2. The second kappa shape index (κ2) is 9.46. The van der Waals surface area contributed by atoms with Gasteiger partial charge in [-0.25, -0.2) is 0 Å². The summed E-state index contributed by atoms with van der Waals surface area (Å²) in [6.45, 7) is 6.76. The predicted molar refractivity (Wildman–Crippen MR) is 125 cm³/mol. The normalized spacial score (nSPS) is 15.3. The highest BCUT2D eigenvalue weighted by Gasteiger charge is 2.34. The summed E-state index contributed by atoms with van der Waals surface area (Å²) < 4.78 is 11.8. The Balaban J connectivity index is 1.88. The Morgan fingerprint density at radius 1 is 1.14 bits per heavy atom. The van der Waals surface area contributed by atoms with Gasteiger partial charge in [-0.3, -0.25) is 9.69 Å². The van der Waals surface area contributed by atoms with E-state index in [4.69, 9.17) is 21.7 Å². The molecule has 0 spiro atoms. The van der Waals surface area contributed by atoms with Crippen molar-refractivity contribution in [2.75, 3.05) is 18.6 Å². The van der Waals surface area contributed by atoms with Gasteiger partial charge in [-0.2, -0.15) is 0 Å². The maximum absolute atomic E-state index is 13.1. The van der Waals surface area contributed by atoms with Gasteiger partial charge in [0, 0.05) is 0 Å². The van der Waals surface area contributed by atoms with E-state index in [9.17, 15) is 4.79 Å². The summed E-state index contributed by atoms with van der Waals surface area (Å²) in [6.07, 6.45) is 3.92. The summed E-state index contributed by atoms with van der Waals surface area (Å²) in [4.78, 5) is 15.3. The van der Waals surface area contributed by atoms with Crippen LogP contribution < -0.4 is 14.4 Å². The summed E-state index contributed by atoms with van der Waals surface area (Å²) >= 11 is 6.84. The zero-order chi connectivity index (χ0) is 21.0. The first-order chi connectivity index (χ1) is 14.0. The van der Waals surface area contributed by atoms with E-state index in [1.54, 1.807) is 12.0 Å². The van der Waals surface area contributed by atoms with Gasteiger partial charge in [-0.15, -0.1) is 0 Å². The van der Waals surface area contributed by atoms with E-state index in [2.05, 4.69) is 6.92 Å². The zero-order valence-corrected chi connectivity index (χ0v) is 18.8. The third-order valence-electron chi connectivity index (χ3n) is 4.70. The molecule has 1 heterocycles. The molecule has 152 valence electrons. The van der Waals surface area contributed by atoms with Crippen molar-refractivity contribution >= 4 is 46.0 Å². The lowest BCUT2D eigenvalue weighted by molar-refractivity contribution is -0.113. The number of thiocarbonyl (C=S) groups is 1. The minimum absolute atomic E-state index is 0.0976. The van der Waals surface area contributed by atoms with Crippen molar-refractivity contribution in [2.24, 2.45) is 0 Å². The third kappa shape index (κ3) is 4.65. The largest absolute Gasteiger partial charge is 0.493 e. The Kier molecular flexibility index (Phi) is 6.98. The number of rotatable bonds is 7. The average Bonchev–Trinajstić information content (AvgIpc) is 2.96. The number of anilines is 1. The molecule has 0 aliphatic carbocycles. The van der Waals surface area contributed by atoms with Crippen LogP contribution in [-0.2, 0) is 4.79 Å². The van der Waals surface area contributed by atoms with Crippen LogP contribution in [-0.4, -0.2) is 23.9 Å². The number of carbonyl (C=O) groups excluding carboxylic acids is 1. The summed E-state index contributed by atoms with van der Waals surface area (Å²) in [5.74, 6) is 1.26. The molecule has 1 aliphatic rings. The van der Waals surface area contributed by atoms with Crippen LogP contribution in [0.25, 0.3) is 6.08 Å². The van der Waals surface area contributed by atoms with Crippen LogP contribution in [0.3, 0.4) is 0 Å². The van der Waals surface area contributed by atoms with Gasteiger partial charge >= 0.3 is 0 Å². The second-order valence-electron chi connectivity index (χ2n) is 6.87. The highest BCUT2D eigenvalue weighted by Crippen LogP contribution is 2.39. The molecule has 4 nitrogen and oxygen atoms in total. The van der Waals surface area contributed by atoms with Crippen LogP contribution in [0.4, 0.5) is 5.69 Å². The van der Waals surface area contributed by atoms with Gasteiger partial charge in [-0.05, 0) is 55.2 Å². The fourth-order valence-corrected chi connectivity index (χ4v) is 4.46. The van der Waals surface area contributed by atoms with E-state index in [1.807, 2.05) is 56.3 Å². The first-order valence-electron chi connectivity index (χ1n) is 9.61. The number of methoxy groups -OCH3 is 1. The molecule has 1 fully saturated rings. The molecule has 1 saturated heterocycles. The molecule has 29 heavy (non-hydrogen) atoms. The number of ether oxygens (including phenoxy) is 2. The van der Waals surface area contributed by atoms with Crippen molar-refractivity contribution in [3.05, 3.63) is 58.0 Å². The molecular formula is C23H25NO3S2. The summed E-state index contributed by atoms with van der Waals surface area (Å²) in [7, 11) is 1.62. The van der Waals surface area contributed by atoms with Gasteiger partial charge in [-0.1, -0.05) is 61.6 Å². The highest BCUT2D eigenvalue weighted by molar-refractivity contribution is 8.27.